The highest BCUT2D eigenvalue weighted by molar-refractivity contribution is 5.00. The molecule has 1 aliphatic carbocycles. The quantitative estimate of drug-likeness (QED) is 0.891. The van der Waals surface area contributed by atoms with Crippen molar-refractivity contribution < 1.29 is 4.52 Å². The van der Waals surface area contributed by atoms with E-state index in [1.807, 2.05) is 0 Å². The van der Waals surface area contributed by atoms with Crippen molar-refractivity contribution in [2.45, 2.75) is 78.7 Å². The van der Waals surface area contributed by atoms with Gasteiger partial charge in [0, 0.05) is 5.92 Å². The van der Waals surface area contributed by atoms with Crippen LogP contribution in [0.25, 0.3) is 0 Å². The molecule has 1 aromatic rings. The van der Waals surface area contributed by atoms with Crippen molar-refractivity contribution in [3.05, 3.63) is 11.7 Å². The predicted octanol–water partition coefficient (Wildman–Crippen LogP) is 4.44. The summed E-state index contributed by atoms with van der Waals surface area (Å²) in [5, 5.41) is 4.19. The Kier molecular flexibility index (Phi) is 5.07. The second kappa shape index (κ2) is 6.47. The van der Waals surface area contributed by atoms with Crippen LogP contribution < -0.4 is 5.73 Å². The minimum atomic E-state index is -0.128. The van der Waals surface area contributed by atoms with Crippen molar-refractivity contribution in [2.75, 3.05) is 0 Å². The largest absolute Gasteiger partial charge is 0.338 e. The summed E-state index contributed by atoms with van der Waals surface area (Å²) in [6, 6.07) is -0.128. The molecule has 1 fully saturated rings. The van der Waals surface area contributed by atoms with E-state index in [2.05, 4.69) is 44.8 Å². The Hall–Kier alpha value is -0.900. The maximum atomic E-state index is 6.12. The lowest BCUT2D eigenvalue weighted by atomic mass is 9.70. The second-order valence-electron chi connectivity index (χ2n) is 8.14. The molecule has 1 heterocycles. The molecule has 0 amide bonds. The molecule has 2 rings (SSSR count). The molecule has 0 unspecified atom stereocenters. The fourth-order valence-electron chi connectivity index (χ4n) is 3.39. The molecule has 4 nitrogen and oxygen atoms in total. The van der Waals surface area contributed by atoms with Gasteiger partial charge in [0.1, 0.15) is 0 Å². The molecule has 0 aromatic carbocycles. The molecule has 0 saturated heterocycles. The number of aromatic nitrogens is 2. The number of rotatable bonds is 4. The molecule has 120 valence electrons. The van der Waals surface area contributed by atoms with Crippen LogP contribution in [0, 0.1) is 17.3 Å². The van der Waals surface area contributed by atoms with Gasteiger partial charge in [0.05, 0.1) is 6.04 Å². The van der Waals surface area contributed by atoms with Crippen LogP contribution in [-0.4, -0.2) is 10.1 Å². The van der Waals surface area contributed by atoms with Crippen LogP contribution in [0.5, 0.6) is 0 Å². The van der Waals surface area contributed by atoms with Crippen LogP contribution in [0.2, 0.25) is 0 Å². The zero-order valence-corrected chi connectivity index (χ0v) is 14.2. The minimum absolute atomic E-state index is 0.128. The summed E-state index contributed by atoms with van der Waals surface area (Å²) < 4.78 is 5.39. The van der Waals surface area contributed by atoms with Crippen LogP contribution in [-0.2, 0) is 0 Å². The molecule has 0 bridgehead atoms. The number of hydrogen-bond acceptors (Lipinski definition) is 4. The summed E-state index contributed by atoms with van der Waals surface area (Å²) >= 11 is 0. The van der Waals surface area contributed by atoms with Crippen molar-refractivity contribution >= 4 is 0 Å². The number of nitrogens with zero attached hydrogens (tertiary/aromatic N) is 2. The van der Waals surface area contributed by atoms with Crippen LogP contribution in [0.3, 0.4) is 0 Å². The number of hydrogen-bond donors (Lipinski definition) is 1. The van der Waals surface area contributed by atoms with Gasteiger partial charge >= 0.3 is 0 Å². The lowest BCUT2D eigenvalue weighted by Gasteiger charge is -2.36. The van der Waals surface area contributed by atoms with Gasteiger partial charge in [-0.2, -0.15) is 4.98 Å². The van der Waals surface area contributed by atoms with Crippen molar-refractivity contribution in [2.24, 2.45) is 23.0 Å². The average molecular weight is 293 g/mol. The summed E-state index contributed by atoms with van der Waals surface area (Å²) in [5.74, 6) is 3.28. The van der Waals surface area contributed by atoms with E-state index in [1.165, 1.54) is 25.7 Å². The van der Waals surface area contributed by atoms with Crippen LogP contribution in [0.1, 0.15) is 90.4 Å². The Labute approximate surface area is 128 Å². The van der Waals surface area contributed by atoms with E-state index in [0.29, 0.717) is 23.1 Å². The molecule has 1 saturated carbocycles. The first-order valence-corrected chi connectivity index (χ1v) is 8.36. The molecule has 4 heteroatoms. The van der Waals surface area contributed by atoms with Gasteiger partial charge in [-0.1, -0.05) is 39.8 Å². The maximum Gasteiger partial charge on any atom is 0.243 e. The fraction of sp³-hybridized carbons (Fsp3) is 0.882. The van der Waals surface area contributed by atoms with E-state index in [4.69, 9.17) is 10.3 Å². The normalized spacial score (nSPS) is 25.3. The first-order chi connectivity index (χ1) is 9.77. The first kappa shape index (κ1) is 16.5. The molecule has 0 spiro atoms. The monoisotopic (exact) mass is 293 g/mol. The molecule has 2 N–H and O–H groups in total. The van der Waals surface area contributed by atoms with Gasteiger partial charge in [-0.15, -0.1) is 0 Å². The van der Waals surface area contributed by atoms with Gasteiger partial charge in [0.2, 0.25) is 5.89 Å². The van der Waals surface area contributed by atoms with E-state index in [9.17, 15) is 0 Å². The summed E-state index contributed by atoms with van der Waals surface area (Å²) in [6.45, 7) is 11.3. The Morgan fingerprint density at radius 3 is 2.33 bits per heavy atom. The molecule has 1 aliphatic rings. The molecular formula is C17H31N3O. The Balaban J connectivity index is 1.94. The van der Waals surface area contributed by atoms with E-state index in [0.717, 1.165) is 18.2 Å². The first-order valence-electron chi connectivity index (χ1n) is 8.36. The van der Waals surface area contributed by atoms with E-state index in [1.54, 1.807) is 0 Å². The molecule has 1 atom stereocenters. The van der Waals surface area contributed by atoms with Crippen LogP contribution >= 0.6 is 0 Å². The van der Waals surface area contributed by atoms with Crippen molar-refractivity contribution in [1.29, 1.82) is 0 Å². The highest BCUT2D eigenvalue weighted by Crippen LogP contribution is 2.42. The lowest BCUT2D eigenvalue weighted by molar-refractivity contribution is 0.166. The highest BCUT2D eigenvalue weighted by Gasteiger charge is 2.32. The molecule has 21 heavy (non-hydrogen) atoms. The van der Waals surface area contributed by atoms with E-state index in [-0.39, 0.29) is 6.04 Å². The molecule has 1 aromatic heterocycles. The van der Waals surface area contributed by atoms with Crippen molar-refractivity contribution in [1.82, 2.24) is 10.1 Å². The average Bonchev–Trinajstić information content (AvgIpc) is 2.86. The maximum absolute atomic E-state index is 6.12. The number of nitrogens with two attached hydrogens (primary N) is 1. The van der Waals surface area contributed by atoms with Crippen LogP contribution in [0.15, 0.2) is 4.52 Å². The summed E-state index contributed by atoms with van der Waals surface area (Å²) in [7, 11) is 0. The van der Waals surface area contributed by atoms with Gasteiger partial charge in [-0.05, 0) is 49.4 Å². The molecular weight excluding hydrogens is 262 g/mol. The zero-order valence-electron chi connectivity index (χ0n) is 14.2. The molecule has 0 radical (unpaired) electrons. The molecule has 0 aliphatic heterocycles. The zero-order chi connectivity index (χ0) is 15.6. The SMILES string of the molecule is CC(C)C[C@@H](N)c1nc(C2CCC(C(C)(C)C)CC2)no1. The lowest BCUT2D eigenvalue weighted by Crippen LogP contribution is -2.25. The van der Waals surface area contributed by atoms with Gasteiger partial charge in [0.15, 0.2) is 5.82 Å². The standard InChI is InChI=1S/C17H31N3O/c1-11(2)10-14(18)16-19-15(20-21-16)12-6-8-13(9-7-12)17(3,4)5/h11-14H,6-10,18H2,1-5H3/t12?,13?,14-/m1/s1. The van der Waals surface area contributed by atoms with Gasteiger partial charge in [0.25, 0.3) is 0 Å². The van der Waals surface area contributed by atoms with Gasteiger partial charge in [-0.25, -0.2) is 0 Å². The Bertz CT molecular complexity index is 439. The van der Waals surface area contributed by atoms with Gasteiger partial charge < -0.3 is 10.3 Å². The smallest absolute Gasteiger partial charge is 0.243 e. The fourth-order valence-corrected chi connectivity index (χ4v) is 3.39. The third-order valence-corrected chi connectivity index (χ3v) is 4.82. The summed E-state index contributed by atoms with van der Waals surface area (Å²) in [4.78, 5) is 4.57. The Morgan fingerprint density at radius 1 is 1.19 bits per heavy atom. The second-order valence-corrected chi connectivity index (χ2v) is 8.14. The minimum Gasteiger partial charge on any atom is -0.338 e. The topological polar surface area (TPSA) is 64.9 Å². The third-order valence-electron chi connectivity index (χ3n) is 4.82. The van der Waals surface area contributed by atoms with Crippen molar-refractivity contribution in [3.8, 4) is 0 Å². The van der Waals surface area contributed by atoms with Gasteiger partial charge in [-0.3, -0.25) is 0 Å². The van der Waals surface area contributed by atoms with E-state index >= 15 is 0 Å². The van der Waals surface area contributed by atoms with Crippen LogP contribution in [0.4, 0.5) is 0 Å². The van der Waals surface area contributed by atoms with Crippen molar-refractivity contribution in [3.63, 3.8) is 0 Å². The third kappa shape index (κ3) is 4.29. The predicted molar refractivity (Wildman–Crippen MR) is 84.8 cm³/mol. The summed E-state index contributed by atoms with van der Waals surface area (Å²) in [5.41, 5.74) is 6.53. The van der Waals surface area contributed by atoms with E-state index < -0.39 is 0 Å². The highest BCUT2D eigenvalue weighted by atomic mass is 16.5. The summed E-state index contributed by atoms with van der Waals surface area (Å²) in [6.07, 6.45) is 5.74. The Morgan fingerprint density at radius 2 is 1.81 bits per heavy atom.